The Morgan fingerprint density at radius 1 is 1.50 bits per heavy atom. The first kappa shape index (κ1) is 15.3. The summed E-state index contributed by atoms with van der Waals surface area (Å²) in [5.74, 6) is -2.15. The molecule has 0 saturated heterocycles. The lowest BCUT2D eigenvalue weighted by Crippen LogP contribution is -2.51. The average Bonchev–Trinajstić information content (AvgIpc) is 2.61. The van der Waals surface area contributed by atoms with Crippen LogP contribution in [0.3, 0.4) is 0 Å². The van der Waals surface area contributed by atoms with Gasteiger partial charge in [0.05, 0.1) is 0 Å². The van der Waals surface area contributed by atoms with Crippen LogP contribution in [-0.4, -0.2) is 28.9 Å². The fourth-order valence-electron chi connectivity index (χ4n) is 4.33. The van der Waals surface area contributed by atoms with E-state index in [0.717, 1.165) is 12.0 Å². The number of carbonyl (C=O) groups is 2. The molecule has 2 fully saturated rings. The molecule has 2 saturated carbocycles. The summed E-state index contributed by atoms with van der Waals surface area (Å²) in [5.41, 5.74) is 1.82. The molecule has 5 nitrogen and oxygen atoms in total. The minimum atomic E-state index is -1.47. The van der Waals surface area contributed by atoms with Gasteiger partial charge in [-0.1, -0.05) is 13.5 Å². The monoisotopic (exact) mass is 306 g/mol. The quantitative estimate of drug-likeness (QED) is 0.594. The van der Waals surface area contributed by atoms with Gasteiger partial charge in [-0.25, -0.2) is 4.79 Å². The predicted molar refractivity (Wildman–Crippen MR) is 78.5 cm³/mol. The average molecular weight is 306 g/mol. The number of rotatable bonds is 1. The van der Waals surface area contributed by atoms with Crippen molar-refractivity contribution in [1.82, 2.24) is 0 Å². The number of fused-ring (bicyclic) bond motifs is 2. The largest absolute Gasteiger partial charge is 0.458 e. The SMILES string of the molecule is C=C1C(OC(C)=O)CCC2(C)CC3(O)OC(=O)C(C)=C3CC12. The molecule has 0 spiro atoms. The van der Waals surface area contributed by atoms with E-state index in [1.807, 2.05) is 0 Å². The van der Waals surface area contributed by atoms with Crippen LogP contribution >= 0.6 is 0 Å². The van der Waals surface area contributed by atoms with Crippen LogP contribution in [0.1, 0.15) is 46.5 Å². The third-order valence-corrected chi connectivity index (χ3v) is 5.53. The van der Waals surface area contributed by atoms with Gasteiger partial charge in [0.15, 0.2) is 0 Å². The van der Waals surface area contributed by atoms with E-state index in [2.05, 4.69) is 13.5 Å². The third kappa shape index (κ3) is 2.10. The molecule has 1 aliphatic heterocycles. The highest BCUT2D eigenvalue weighted by molar-refractivity contribution is 5.92. The second-order valence-electron chi connectivity index (χ2n) is 7.08. The Bertz CT molecular complexity index is 604. The lowest BCUT2D eigenvalue weighted by atomic mass is 9.56. The maximum Gasteiger partial charge on any atom is 0.336 e. The Morgan fingerprint density at radius 2 is 2.18 bits per heavy atom. The van der Waals surface area contributed by atoms with Crippen molar-refractivity contribution in [3.05, 3.63) is 23.3 Å². The van der Waals surface area contributed by atoms with Gasteiger partial charge >= 0.3 is 11.9 Å². The van der Waals surface area contributed by atoms with E-state index >= 15 is 0 Å². The van der Waals surface area contributed by atoms with Crippen LogP contribution in [0, 0.1) is 11.3 Å². The normalized spacial score (nSPS) is 40.9. The van der Waals surface area contributed by atoms with Crippen molar-refractivity contribution in [2.45, 2.75) is 58.3 Å². The van der Waals surface area contributed by atoms with Crippen LogP contribution in [0.5, 0.6) is 0 Å². The number of hydrogen-bond donors (Lipinski definition) is 1. The Balaban J connectivity index is 1.93. The van der Waals surface area contributed by atoms with Crippen molar-refractivity contribution < 1.29 is 24.2 Å². The molecule has 4 unspecified atom stereocenters. The molecule has 0 aromatic rings. The van der Waals surface area contributed by atoms with Crippen LogP contribution in [0.2, 0.25) is 0 Å². The van der Waals surface area contributed by atoms with E-state index in [-0.39, 0.29) is 23.4 Å². The molecule has 3 aliphatic rings. The summed E-state index contributed by atoms with van der Waals surface area (Å²) in [5, 5.41) is 10.7. The standard InChI is InChI=1S/C17H22O5/c1-9-12-7-13-10(2)15(19)22-17(13,20)8-16(12,4)6-5-14(9)21-11(3)18/h12,14,20H,1,5-8H2,2-4H3. The molecule has 0 radical (unpaired) electrons. The summed E-state index contributed by atoms with van der Waals surface area (Å²) in [6.07, 6.45) is 2.10. The van der Waals surface area contributed by atoms with Crippen molar-refractivity contribution in [1.29, 1.82) is 0 Å². The van der Waals surface area contributed by atoms with Gasteiger partial charge in [0.2, 0.25) is 5.79 Å². The Morgan fingerprint density at radius 3 is 2.82 bits per heavy atom. The first-order chi connectivity index (χ1) is 10.2. The number of ether oxygens (including phenoxy) is 2. The second kappa shape index (κ2) is 4.69. The molecule has 3 rings (SSSR count). The lowest BCUT2D eigenvalue weighted by molar-refractivity contribution is -0.205. The second-order valence-corrected chi connectivity index (χ2v) is 7.08. The van der Waals surface area contributed by atoms with Crippen molar-refractivity contribution in [3.8, 4) is 0 Å². The van der Waals surface area contributed by atoms with Crippen LogP contribution in [0.25, 0.3) is 0 Å². The molecule has 0 aromatic heterocycles. The van der Waals surface area contributed by atoms with Crippen molar-refractivity contribution >= 4 is 11.9 Å². The van der Waals surface area contributed by atoms with Gasteiger partial charge in [-0.2, -0.15) is 0 Å². The number of carbonyl (C=O) groups excluding carboxylic acids is 2. The molecule has 0 amide bonds. The number of esters is 2. The van der Waals surface area contributed by atoms with Gasteiger partial charge in [-0.3, -0.25) is 4.79 Å². The van der Waals surface area contributed by atoms with Crippen LogP contribution in [0.4, 0.5) is 0 Å². The summed E-state index contributed by atoms with van der Waals surface area (Å²) in [7, 11) is 0. The minimum absolute atomic E-state index is 0.0744. The van der Waals surface area contributed by atoms with Crippen LogP contribution in [0.15, 0.2) is 23.3 Å². The van der Waals surface area contributed by atoms with Gasteiger partial charge in [-0.15, -0.1) is 0 Å². The van der Waals surface area contributed by atoms with Gasteiger partial charge in [0, 0.05) is 24.5 Å². The molecule has 1 N–H and O–H groups in total. The van der Waals surface area contributed by atoms with Crippen molar-refractivity contribution in [2.75, 3.05) is 0 Å². The molecule has 120 valence electrons. The van der Waals surface area contributed by atoms with Crippen molar-refractivity contribution in [3.63, 3.8) is 0 Å². The number of hydrogen-bond acceptors (Lipinski definition) is 5. The molecule has 1 heterocycles. The first-order valence-corrected chi connectivity index (χ1v) is 7.68. The summed E-state index contributed by atoms with van der Waals surface area (Å²) in [6, 6.07) is 0. The zero-order valence-corrected chi connectivity index (χ0v) is 13.3. The molecule has 22 heavy (non-hydrogen) atoms. The van der Waals surface area contributed by atoms with Crippen LogP contribution < -0.4 is 0 Å². The Kier molecular flexibility index (Phi) is 3.25. The summed E-state index contributed by atoms with van der Waals surface area (Å²) in [6.45, 7) is 9.33. The maximum atomic E-state index is 11.8. The van der Waals surface area contributed by atoms with E-state index in [0.29, 0.717) is 30.4 Å². The molecule has 5 heteroatoms. The van der Waals surface area contributed by atoms with E-state index in [9.17, 15) is 14.7 Å². The van der Waals surface area contributed by atoms with E-state index in [1.54, 1.807) is 6.92 Å². The number of aliphatic hydroxyl groups is 1. The smallest absolute Gasteiger partial charge is 0.336 e. The van der Waals surface area contributed by atoms with E-state index in [1.165, 1.54) is 6.92 Å². The summed E-state index contributed by atoms with van der Waals surface area (Å²) in [4.78, 5) is 23.1. The zero-order chi connectivity index (χ0) is 16.3. The van der Waals surface area contributed by atoms with Crippen LogP contribution in [-0.2, 0) is 19.1 Å². The summed E-state index contributed by atoms with van der Waals surface area (Å²) < 4.78 is 10.6. The molecule has 4 atom stereocenters. The van der Waals surface area contributed by atoms with E-state index < -0.39 is 11.8 Å². The molecular formula is C17H22O5. The van der Waals surface area contributed by atoms with Crippen molar-refractivity contribution in [2.24, 2.45) is 11.3 Å². The Hall–Kier alpha value is -1.62. The minimum Gasteiger partial charge on any atom is -0.458 e. The molecule has 2 aliphatic carbocycles. The predicted octanol–water partition coefficient (Wildman–Crippen LogP) is 2.25. The highest BCUT2D eigenvalue weighted by Crippen LogP contribution is 2.58. The Labute approximate surface area is 130 Å². The first-order valence-electron chi connectivity index (χ1n) is 7.68. The highest BCUT2D eigenvalue weighted by atomic mass is 16.7. The topological polar surface area (TPSA) is 72.8 Å². The van der Waals surface area contributed by atoms with Gasteiger partial charge in [-0.05, 0) is 43.1 Å². The molecular weight excluding hydrogens is 284 g/mol. The van der Waals surface area contributed by atoms with Gasteiger partial charge in [0.25, 0.3) is 0 Å². The third-order valence-electron chi connectivity index (χ3n) is 5.53. The highest BCUT2D eigenvalue weighted by Gasteiger charge is 2.58. The fraction of sp³-hybridized carbons (Fsp3) is 0.647. The molecule has 0 bridgehead atoms. The summed E-state index contributed by atoms with van der Waals surface area (Å²) >= 11 is 0. The molecule has 0 aromatic carbocycles. The van der Waals surface area contributed by atoms with E-state index in [4.69, 9.17) is 9.47 Å². The lowest BCUT2D eigenvalue weighted by Gasteiger charge is -2.52. The zero-order valence-electron chi connectivity index (χ0n) is 13.3. The van der Waals surface area contributed by atoms with Gasteiger partial charge in [0.1, 0.15) is 6.10 Å². The van der Waals surface area contributed by atoms with Gasteiger partial charge < -0.3 is 14.6 Å². The fourth-order valence-corrected chi connectivity index (χ4v) is 4.33. The maximum absolute atomic E-state index is 11.8.